The second-order valence-electron chi connectivity index (χ2n) is 6.05. The van der Waals surface area contributed by atoms with Crippen LogP contribution in [-0.2, 0) is 20.0 Å². The molecule has 124 valence electrons. The molecule has 2 aromatic heterocycles. The van der Waals surface area contributed by atoms with Crippen LogP contribution in [0.3, 0.4) is 0 Å². The smallest absolute Gasteiger partial charge is 0.318 e. The van der Waals surface area contributed by atoms with E-state index in [-0.39, 0.29) is 12.1 Å². The average Bonchev–Trinajstić information content (AvgIpc) is 3.21. The molecular formula is C17H24N4O2. The largest absolute Gasteiger partial charge is 0.359 e. The fraction of sp³-hybridized carbons (Fsp3) is 0.529. The van der Waals surface area contributed by atoms with Crippen LogP contribution in [0.25, 0.3) is 0 Å². The van der Waals surface area contributed by atoms with Gasteiger partial charge in [0.05, 0.1) is 18.3 Å². The predicted octanol–water partition coefficient (Wildman–Crippen LogP) is 3.01. The van der Waals surface area contributed by atoms with E-state index in [0.717, 1.165) is 37.9 Å². The molecule has 23 heavy (non-hydrogen) atoms. The van der Waals surface area contributed by atoms with E-state index in [0.29, 0.717) is 12.3 Å². The van der Waals surface area contributed by atoms with Crippen molar-refractivity contribution < 1.29 is 9.32 Å². The molecule has 0 aliphatic carbocycles. The molecule has 6 heteroatoms. The lowest BCUT2D eigenvalue weighted by molar-refractivity contribution is 0.147. The Bertz CT molecular complexity index is 661. The third-order valence-corrected chi connectivity index (χ3v) is 4.47. The van der Waals surface area contributed by atoms with Gasteiger partial charge in [-0.2, -0.15) is 0 Å². The summed E-state index contributed by atoms with van der Waals surface area (Å²) in [4.78, 5) is 14.5. The molecule has 3 heterocycles. The Balaban J connectivity index is 1.65. The Kier molecular flexibility index (Phi) is 4.69. The van der Waals surface area contributed by atoms with Gasteiger partial charge in [0.15, 0.2) is 5.76 Å². The van der Waals surface area contributed by atoms with Crippen molar-refractivity contribution in [3.63, 3.8) is 0 Å². The van der Waals surface area contributed by atoms with Crippen LogP contribution in [0.15, 0.2) is 28.9 Å². The van der Waals surface area contributed by atoms with Crippen LogP contribution >= 0.6 is 0 Å². The lowest BCUT2D eigenvalue weighted by atomic mass is 10.00. The number of carbonyl (C=O) groups excluding carboxylic acids is 1. The number of aryl methyl sites for hydroxylation is 2. The standard InChI is InChI=1S/C17H24N4O2/c1-3-13-11-14(23-19-13)12-18-17(22)21-10-5-4-7-16(21)15-8-6-9-20(15)2/h6,8-9,11,16H,3-5,7,10,12H2,1-2H3,(H,18,22)/t16-/m1/s1. The Labute approximate surface area is 136 Å². The van der Waals surface area contributed by atoms with Crippen molar-refractivity contribution in [3.05, 3.63) is 41.5 Å². The molecule has 2 amide bonds. The number of nitrogens with one attached hydrogen (secondary N) is 1. The number of piperidine rings is 1. The molecule has 2 aromatic rings. The number of urea groups is 1. The Morgan fingerprint density at radius 2 is 2.35 bits per heavy atom. The van der Waals surface area contributed by atoms with Gasteiger partial charge in [-0.15, -0.1) is 0 Å². The molecule has 0 radical (unpaired) electrons. The summed E-state index contributed by atoms with van der Waals surface area (Å²) in [5, 5.41) is 6.91. The first kappa shape index (κ1) is 15.6. The van der Waals surface area contributed by atoms with Gasteiger partial charge in [-0.3, -0.25) is 0 Å². The van der Waals surface area contributed by atoms with E-state index < -0.39 is 0 Å². The summed E-state index contributed by atoms with van der Waals surface area (Å²) in [6, 6.07) is 6.13. The van der Waals surface area contributed by atoms with Gasteiger partial charge >= 0.3 is 6.03 Å². The highest BCUT2D eigenvalue weighted by molar-refractivity contribution is 5.74. The molecule has 1 aliphatic heterocycles. The number of rotatable bonds is 4. The average molecular weight is 316 g/mol. The highest BCUT2D eigenvalue weighted by Gasteiger charge is 2.29. The Morgan fingerprint density at radius 3 is 3.04 bits per heavy atom. The van der Waals surface area contributed by atoms with Crippen molar-refractivity contribution in [2.45, 2.75) is 45.2 Å². The van der Waals surface area contributed by atoms with Crippen LogP contribution in [-0.4, -0.2) is 27.2 Å². The van der Waals surface area contributed by atoms with E-state index in [1.165, 1.54) is 5.69 Å². The highest BCUT2D eigenvalue weighted by Crippen LogP contribution is 2.30. The lowest BCUT2D eigenvalue weighted by Gasteiger charge is -2.36. The molecule has 1 atom stereocenters. The van der Waals surface area contributed by atoms with E-state index in [1.54, 1.807) is 0 Å². The van der Waals surface area contributed by atoms with Gasteiger partial charge in [-0.05, 0) is 37.8 Å². The molecular weight excluding hydrogens is 292 g/mol. The number of amides is 2. The molecule has 0 spiro atoms. The van der Waals surface area contributed by atoms with E-state index in [9.17, 15) is 4.79 Å². The maximum Gasteiger partial charge on any atom is 0.318 e. The molecule has 0 bridgehead atoms. The minimum Gasteiger partial charge on any atom is -0.359 e. The normalized spacial score (nSPS) is 18.2. The van der Waals surface area contributed by atoms with E-state index in [4.69, 9.17) is 4.52 Å². The van der Waals surface area contributed by atoms with Gasteiger partial charge in [0.25, 0.3) is 0 Å². The first-order valence-electron chi connectivity index (χ1n) is 8.29. The van der Waals surface area contributed by atoms with Gasteiger partial charge in [0.2, 0.25) is 0 Å². The van der Waals surface area contributed by atoms with Gasteiger partial charge < -0.3 is 19.3 Å². The summed E-state index contributed by atoms with van der Waals surface area (Å²) in [6.07, 6.45) is 6.08. The number of hydrogen-bond acceptors (Lipinski definition) is 3. The summed E-state index contributed by atoms with van der Waals surface area (Å²) in [5.41, 5.74) is 2.10. The Morgan fingerprint density at radius 1 is 1.48 bits per heavy atom. The van der Waals surface area contributed by atoms with Gasteiger partial charge in [-0.25, -0.2) is 4.79 Å². The molecule has 1 N–H and O–H groups in total. The number of likely N-dealkylation sites (tertiary alicyclic amines) is 1. The van der Waals surface area contributed by atoms with Crippen LogP contribution in [0.1, 0.15) is 49.4 Å². The summed E-state index contributed by atoms with van der Waals surface area (Å²) in [7, 11) is 2.03. The zero-order valence-electron chi connectivity index (χ0n) is 13.8. The van der Waals surface area contributed by atoms with Crippen LogP contribution in [0.2, 0.25) is 0 Å². The molecule has 1 fully saturated rings. The highest BCUT2D eigenvalue weighted by atomic mass is 16.5. The lowest BCUT2D eigenvalue weighted by Crippen LogP contribution is -2.44. The Hall–Kier alpha value is -2.24. The number of aromatic nitrogens is 2. The van der Waals surface area contributed by atoms with Crippen LogP contribution in [0.4, 0.5) is 4.79 Å². The van der Waals surface area contributed by atoms with Crippen LogP contribution in [0, 0.1) is 0 Å². The molecule has 0 unspecified atom stereocenters. The van der Waals surface area contributed by atoms with Crippen molar-refractivity contribution in [2.24, 2.45) is 7.05 Å². The summed E-state index contributed by atoms with van der Waals surface area (Å²) in [5.74, 6) is 0.697. The van der Waals surface area contributed by atoms with Crippen molar-refractivity contribution in [3.8, 4) is 0 Å². The molecule has 1 saturated heterocycles. The van der Waals surface area contributed by atoms with Crippen LogP contribution < -0.4 is 5.32 Å². The molecule has 0 aromatic carbocycles. The first-order valence-corrected chi connectivity index (χ1v) is 8.29. The number of hydrogen-bond donors (Lipinski definition) is 1. The topological polar surface area (TPSA) is 63.3 Å². The minimum atomic E-state index is -0.0367. The summed E-state index contributed by atoms with van der Waals surface area (Å²) >= 11 is 0. The van der Waals surface area contributed by atoms with E-state index >= 15 is 0 Å². The van der Waals surface area contributed by atoms with Crippen molar-refractivity contribution >= 4 is 6.03 Å². The maximum atomic E-state index is 12.6. The second-order valence-corrected chi connectivity index (χ2v) is 6.05. The third-order valence-electron chi connectivity index (χ3n) is 4.47. The minimum absolute atomic E-state index is 0.0367. The number of carbonyl (C=O) groups is 1. The fourth-order valence-electron chi connectivity index (χ4n) is 3.17. The second kappa shape index (κ2) is 6.89. The van der Waals surface area contributed by atoms with Gasteiger partial charge in [0.1, 0.15) is 0 Å². The molecule has 6 nitrogen and oxygen atoms in total. The van der Waals surface area contributed by atoms with E-state index in [2.05, 4.69) is 21.1 Å². The third kappa shape index (κ3) is 3.41. The zero-order valence-corrected chi connectivity index (χ0v) is 13.8. The molecule has 1 aliphatic rings. The SMILES string of the molecule is CCc1cc(CNC(=O)N2CCCC[C@@H]2c2cccn2C)on1. The van der Waals surface area contributed by atoms with Crippen LogP contribution in [0.5, 0.6) is 0 Å². The van der Waals surface area contributed by atoms with Crippen molar-refractivity contribution in [1.82, 2.24) is 19.9 Å². The summed E-state index contributed by atoms with van der Waals surface area (Å²) < 4.78 is 7.32. The number of nitrogens with zero attached hydrogens (tertiary/aromatic N) is 3. The zero-order chi connectivity index (χ0) is 16.2. The predicted molar refractivity (Wildman–Crippen MR) is 86.8 cm³/mol. The van der Waals surface area contributed by atoms with E-state index in [1.807, 2.05) is 37.2 Å². The quantitative estimate of drug-likeness (QED) is 0.943. The van der Waals surface area contributed by atoms with Gasteiger partial charge in [0, 0.05) is 31.5 Å². The monoisotopic (exact) mass is 316 g/mol. The molecule has 3 rings (SSSR count). The van der Waals surface area contributed by atoms with Crippen molar-refractivity contribution in [2.75, 3.05) is 6.54 Å². The maximum absolute atomic E-state index is 12.6. The summed E-state index contributed by atoms with van der Waals surface area (Å²) in [6.45, 7) is 3.19. The first-order chi connectivity index (χ1) is 11.2. The molecule has 0 saturated carbocycles. The van der Waals surface area contributed by atoms with Gasteiger partial charge in [-0.1, -0.05) is 12.1 Å². The van der Waals surface area contributed by atoms with Crippen molar-refractivity contribution in [1.29, 1.82) is 0 Å². The fourth-order valence-corrected chi connectivity index (χ4v) is 3.17.